The number of aryl methyl sites for hydroxylation is 1. The summed E-state index contributed by atoms with van der Waals surface area (Å²) in [5.41, 5.74) is 1.59. The molecular weight excluding hydrogens is 202 g/mol. The number of rotatable bonds is 2. The molecule has 0 aliphatic rings. The molecule has 0 atom stereocenters. The summed E-state index contributed by atoms with van der Waals surface area (Å²) in [6.07, 6.45) is 0. The van der Waals surface area contributed by atoms with Gasteiger partial charge in [0.2, 0.25) is 0 Å². The van der Waals surface area contributed by atoms with E-state index in [1.165, 1.54) is 0 Å². The van der Waals surface area contributed by atoms with Crippen LogP contribution in [0.2, 0.25) is 5.15 Å². The zero-order valence-electron chi connectivity index (χ0n) is 8.34. The van der Waals surface area contributed by atoms with Crippen molar-refractivity contribution in [2.75, 3.05) is 0 Å². The zero-order valence-corrected chi connectivity index (χ0v) is 9.09. The largest absolute Gasteiger partial charge is 0.478 e. The van der Waals surface area contributed by atoms with E-state index < -0.39 is 5.97 Å². The summed E-state index contributed by atoms with van der Waals surface area (Å²) in [6, 6.07) is 1.76. The molecule has 0 fully saturated rings. The van der Waals surface area contributed by atoms with Crippen molar-refractivity contribution in [3.8, 4) is 0 Å². The molecule has 4 heteroatoms. The molecule has 1 N–H and O–H groups in total. The van der Waals surface area contributed by atoms with Gasteiger partial charge in [0, 0.05) is 5.69 Å². The van der Waals surface area contributed by atoms with Gasteiger partial charge in [-0.3, -0.25) is 0 Å². The normalized spacial score (nSPS) is 10.6. The number of carboxylic acid groups (broad SMARTS) is 1. The molecule has 0 bridgehead atoms. The molecular formula is C10H12ClNO2. The first-order valence-electron chi connectivity index (χ1n) is 4.33. The molecule has 1 rings (SSSR count). The molecule has 0 saturated carbocycles. The molecule has 0 amide bonds. The third-order valence-electron chi connectivity index (χ3n) is 1.97. The van der Waals surface area contributed by atoms with Gasteiger partial charge in [0.05, 0.1) is 0 Å². The van der Waals surface area contributed by atoms with Gasteiger partial charge in [0.25, 0.3) is 0 Å². The molecule has 76 valence electrons. The van der Waals surface area contributed by atoms with Crippen LogP contribution < -0.4 is 0 Å². The van der Waals surface area contributed by atoms with Crippen molar-refractivity contribution in [3.63, 3.8) is 0 Å². The fraction of sp³-hybridized carbons (Fsp3) is 0.400. The average molecular weight is 214 g/mol. The van der Waals surface area contributed by atoms with E-state index in [0.717, 1.165) is 11.3 Å². The molecule has 3 nitrogen and oxygen atoms in total. The van der Waals surface area contributed by atoms with Gasteiger partial charge in [-0.1, -0.05) is 25.4 Å². The first-order valence-corrected chi connectivity index (χ1v) is 4.71. The van der Waals surface area contributed by atoms with Gasteiger partial charge in [-0.2, -0.15) is 0 Å². The summed E-state index contributed by atoms with van der Waals surface area (Å²) in [7, 11) is 0. The van der Waals surface area contributed by atoms with E-state index >= 15 is 0 Å². The van der Waals surface area contributed by atoms with Crippen molar-refractivity contribution in [3.05, 3.63) is 28.0 Å². The lowest BCUT2D eigenvalue weighted by atomic mass is 9.98. The number of carbonyl (C=O) groups is 1. The topological polar surface area (TPSA) is 50.2 Å². The Morgan fingerprint density at radius 3 is 2.57 bits per heavy atom. The maximum absolute atomic E-state index is 10.9. The second-order valence-electron chi connectivity index (χ2n) is 3.48. The van der Waals surface area contributed by atoms with E-state index in [1.807, 2.05) is 13.8 Å². The van der Waals surface area contributed by atoms with Crippen LogP contribution in [0.1, 0.15) is 41.4 Å². The molecule has 1 aromatic heterocycles. The van der Waals surface area contributed by atoms with Gasteiger partial charge in [-0.15, -0.1) is 0 Å². The maximum atomic E-state index is 10.9. The Morgan fingerprint density at radius 1 is 1.57 bits per heavy atom. The summed E-state index contributed by atoms with van der Waals surface area (Å²) < 4.78 is 0. The Labute approximate surface area is 87.7 Å². The molecule has 0 aromatic carbocycles. The Morgan fingerprint density at radius 2 is 2.14 bits per heavy atom. The van der Waals surface area contributed by atoms with Gasteiger partial charge >= 0.3 is 5.97 Å². The summed E-state index contributed by atoms with van der Waals surface area (Å²) in [5, 5.41) is 9.03. The van der Waals surface area contributed by atoms with E-state index in [9.17, 15) is 4.79 Å². The predicted molar refractivity (Wildman–Crippen MR) is 55.0 cm³/mol. The van der Waals surface area contributed by atoms with E-state index in [1.54, 1.807) is 13.0 Å². The lowest BCUT2D eigenvalue weighted by Gasteiger charge is -2.11. The van der Waals surface area contributed by atoms with Crippen molar-refractivity contribution in [2.45, 2.75) is 26.7 Å². The smallest absolute Gasteiger partial charge is 0.339 e. The Bertz CT molecular complexity index is 375. The average Bonchev–Trinajstić information content (AvgIpc) is 2.01. The second kappa shape index (κ2) is 3.96. The lowest BCUT2D eigenvalue weighted by molar-refractivity contribution is 0.0695. The predicted octanol–water partition coefficient (Wildman–Crippen LogP) is 2.87. The number of pyridine rings is 1. The number of halogens is 1. The van der Waals surface area contributed by atoms with Gasteiger partial charge in [0.15, 0.2) is 0 Å². The Kier molecular flexibility index (Phi) is 3.11. The van der Waals surface area contributed by atoms with Crippen LogP contribution in [0.4, 0.5) is 0 Å². The number of hydrogen-bond acceptors (Lipinski definition) is 2. The number of carboxylic acids is 1. The van der Waals surface area contributed by atoms with Crippen LogP contribution in [0.15, 0.2) is 6.07 Å². The van der Waals surface area contributed by atoms with Crippen molar-refractivity contribution >= 4 is 17.6 Å². The van der Waals surface area contributed by atoms with Crippen LogP contribution >= 0.6 is 11.6 Å². The first-order chi connectivity index (χ1) is 6.43. The first kappa shape index (κ1) is 11.0. The number of aromatic carboxylic acids is 1. The van der Waals surface area contributed by atoms with E-state index in [0.29, 0.717) is 0 Å². The van der Waals surface area contributed by atoms with Crippen molar-refractivity contribution in [2.24, 2.45) is 0 Å². The molecule has 1 heterocycles. The highest BCUT2D eigenvalue weighted by Crippen LogP contribution is 2.25. The minimum absolute atomic E-state index is 0.0706. The third kappa shape index (κ3) is 2.04. The molecule has 0 unspecified atom stereocenters. The van der Waals surface area contributed by atoms with E-state index in [4.69, 9.17) is 16.7 Å². The maximum Gasteiger partial charge on any atom is 0.339 e. The second-order valence-corrected chi connectivity index (χ2v) is 3.84. The molecule has 14 heavy (non-hydrogen) atoms. The van der Waals surface area contributed by atoms with Gasteiger partial charge in [0.1, 0.15) is 10.7 Å². The van der Waals surface area contributed by atoms with Gasteiger partial charge in [-0.25, -0.2) is 9.78 Å². The highest BCUT2D eigenvalue weighted by molar-refractivity contribution is 6.32. The number of aromatic nitrogens is 1. The van der Waals surface area contributed by atoms with Gasteiger partial charge in [-0.05, 0) is 24.5 Å². The molecule has 0 saturated heterocycles. The van der Waals surface area contributed by atoms with Crippen molar-refractivity contribution in [1.82, 2.24) is 4.98 Å². The molecule has 0 aliphatic carbocycles. The van der Waals surface area contributed by atoms with Gasteiger partial charge < -0.3 is 5.11 Å². The minimum atomic E-state index is -1.02. The summed E-state index contributed by atoms with van der Waals surface area (Å²) in [6.45, 7) is 5.65. The lowest BCUT2D eigenvalue weighted by Crippen LogP contribution is -2.07. The minimum Gasteiger partial charge on any atom is -0.478 e. The zero-order chi connectivity index (χ0) is 10.9. The fourth-order valence-corrected chi connectivity index (χ4v) is 1.65. The fourth-order valence-electron chi connectivity index (χ4n) is 1.33. The van der Waals surface area contributed by atoms with Crippen LogP contribution in [0.3, 0.4) is 0 Å². The Balaban J connectivity index is 3.44. The third-order valence-corrected chi connectivity index (χ3v) is 2.24. The number of hydrogen-bond donors (Lipinski definition) is 1. The van der Waals surface area contributed by atoms with Crippen LogP contribution in [0.5, 0.6) is 0 Å². The van der Waals surface area contributed by atoms with Crippen LogP contribution in [-0.4, -0.2) is 16.1 Å². The standard InChI is InChI=1S/C10H12ClNO2/c1-5(2)7-4-6(3)12-9(11)8(7)10(13)14/h4-5H,1-3H3,(H,13,14). The molecule has 0 spiro atoms. The highest BCUT2D eigenvalue weighted by Gasteiger charge is 2.18. The monoisotopic (exact) mass is 213 g/mol. The van der Waals surface area contributed by atoms with Crippen molar-refractivity contribution in [1.29, 1.82) is 0 Å². The number of nitrogens with zero attached hydrogens (tertiary/aromatic N) is 1. The van der Waals surface area contributed by atoms with Crippen LogP contribution in [0, 0.1) is 6.92 Å². The van der Waals surface area contributed by atoms with E-state index in [-0.39, 0.29) is 16.6 Å². The van der Waals surface area contributed by atoms with Crippen LogP contribution in [-0.2, 0) is 0 Å². The summed E-state index contributed by atoms with van der Waals surface area (Å²) in [4.78, 5) is 14.9. The quantitative estimate of drug-likeness (QED) is 0.769. The SMILES string of the molecule is Cc1cc(C(C)C)c(C(=O)O)c(Cl)n1. The summed E-state index contributed by atoms with van der Waals surface area (Å²) >= 11 is 5.78. The highest BCUT2D eigenvalue weighted by atomic mass is 35.5. The van der Waals surface area contributed by atoms with Crippen molar-refractivity contribution < 1.29 is 9.90 Å². The summed E-state index contributed by atoms with van der Waals surface area (Å²) in [5.74, 6) is -0.897. The molecule has 1 aromatic rings. The molecule has 0 radical (unpaired) electrons. The Hall–Kier alpha value is -1.09. The molecule has 0 aliphatic heterocycles. The van der Waals surface area contributed by atoms with E-state index in [2.05, 4.69) is 4.98 Å². The van der Waals surface area contributed by atoms with Crippen LogP contribution in [0.25, 0.3) is 0 Å².